The van der Waals surface area contributed by atoms with Gasteiger partial charge in [-0.05, 0) is 57.8 Å². The van der Waals surface area contributed by atoms with E-state index in [1.807, 2.05) is 24.3 Å². The molecule has 134 valence electrons. The molecule has 0 bridgehead atoms. The topological polar surface area (TPSA) is 67.8 Å². The highest BCUT2D eigenvalue weighted by atomic mass is 14.7. The Balaban J connectivity index is 1.73. The minimum atomic E-state index is 0.0998. The quantitative estimate of drug-likeness (QED) is 0.330. The fourth-order valence-electron chi connectivity index (χ4n) is 4.74. The maximum absolute atomic E-state index is 6.57. The zero-order valence-corrected chi connectivity index (χ0v) is 15.2. The average molecular weight is 361 g/mol. The van der Waals surface area contributed by atoms with Crippen LogP contribution in [0.4, 0.5) is 11.4 Å². The fraction of sp³-hybridized carbons (Fsp3) is 0.0400. The molecular weight excluding hydrogens is 342 g/mol. The number of aromatic amines is 1. The number of rotatable bonds is 1. The van der Waals surface area contributed by atoms with Gasteiger partial charge in [0.15, 0.2) is 0 Å². The Morgan fingerprint density at radius 1 is 0.786 bits per heavy atom. The number of anilines is 2. The molecule has 0 aliphatic heterocycles. The monoisotopic (exact) mass is 361 g/mol. The summed E-state index contributed by atoms with van der Waals surface area (Å²) >= 11 is 0. The van der Waals surface area contributed by atoms with E-state index in [9.17, 15) is 0 Å². The summed E-state index contributed by atoms with van der Waals surface area (Å²) in [6, 6.07) is 23.1. The molecule has 0 fully saturated rings. The second-order valence-electron chi connectivity index (χ2n) is 7.55. The van der Waals surface area contributed by atoms with Crippen LogP contribution in [0.1, 0.15) is 22.6 Å². The molecule has 28 heavy (non-hydrogen) atoms. The molecule has 1 aliphatic carbocycles. The van der Waals surface area contributed by atoms with E-state index in [1.165, 1.54) is 21.9 Å². The molecule has 0 saturated carbocycles. The summed E-state index contributed by atoms with van der Waals surface area (Å²) in [6.07, 6.45) is 4.49. The zero-order valence-electron chi connectivity index (χ0n) is 15.2. The molecule has 0 saturated heterocycles. The van der Waals surface area contributed by atoms with Crippen molar-refractivity contribution in [2.75, 3.05) is 11.5 Å². The van der Waals surface area contributed by atoms with Crippen LogP contribution in [0, 0.1) is 0 Å². The lowest BCUT2D eigenvalue weighted by Gasteiger charge is -2.24. The molecule has 3 nitrogen and oxygen atoms in total. The Morgan fingerprint density at radius 2 is 1.61 bits per heavy atom. The van der Waals surface area contributed by atoms with Gasteiger partial charge >= 0.3 is 0 Å². The molecular formula is C25H19N3. The largest absolute Gasteiger partial charge is 0.399 e. The summed E-state index contributed by atoms with van der Waals surface area (Å²) in [5.41, 5.74) is 20.1. The molecule has 6 rings (SSSR count). The Bertz CT molecular complexity index is 1430. The van der Waals surface area contributed by atoms with Crippen molar-refractivity contribution in [2.24, 2.45) is 0 Å². The number of benzene rings is 4. The van der Waals surface area contributed by atoms with Crippen LogP contribution < -0.4 is 11.5 Å². The number of hydrogen-bond acceptors (Lipinski definition) is 2. The lowest BCUT2D eigenvalue weighted by atomic mass is 9.80. The van der Waals surface area contributed by atoms with Gasteiger partial charge in [0.1, 0.15) is 0 Å². The predicted molar refractivity (Wildman–Crippen MR) is 119 cm³/mol. The van der Waals surface area contributed by atoms with Gasteiger partial charge in [0.25, 0.3) is 0 Å². The molecule has 1 aromatic heterocycles. The lowest BCUT2D eigenvalue weighted by Crippen LogP contribution is -2.07. The molecule has 1 atom stereocenters. The number of aromatic nitrogens is 1. The fourth-order valence-corrected chi connectivity index (χ4v) is 4.74. The number of nitrogen functional groups attached to an aromatic ring is 2. The van der Waals surface area contributed by atoms with Crippen LogP contribution in [0.3, 0.4) is 0 Å². The summed E-state index contributed by atoms with van der Waals surface area (Å²) in [5.74, 6) is 0.0998. The van der Waals surface area contributed by atoms with Gasteiger partial charge < -0.3 is 16.5 Å². The Hall–Kier alpha value is -3.72. The minimum absolute atomic E-state index is 0.0998. The van der Waals surface area contributed by atoms with Crippen LogP contribution in [0.5, 0.6) is 0 Å². The first kappa shape index (κ1) is 15.3. The van der Waals surface area contributed by atoms with Crippen molar-refractivity contribution in [3.05, 3.63) is 89.5 Å². The van der Waals surface area contributed by atoms with Gasteiger partial charge in [-0.25, -0.2) is 0 Å². The van der Waals surface area contributed by atoms with Crippen LogP contribution in [0.2, 0.25) is 0 Å². The lowest BCUT2D eigenvalue weighted by molar-refractivity contribution is 1.06. The van der Waals surface area contributed by atoms with Gasteiger partial charge in [-0.2, -0.15) is 0 Å². The second-order valence-corrected chi connectivity index (χ2v) is 7.55. The third-order valence-corrected chi connectivity index (χ3v) is 5.94. The van der Waals surface area contributed by atoms with Crippen molar-refractivity contribution in [2.45, 2.75) is 5.92 Å². The van der Waals surface area contributed by atoms with E-state index in [0.717, 1.165) is 38.7 Å². The van der Waals surface area contributed by atoms with Crippen LogP contribution in [-0.2, 0) is 0 Å². The molecule has 0 amide bonds. The number of fused-ring (bicyclic) bond motifs is 3. The standard InChI is InChI=1S/C25H19N3/c26-16-8-11-21-19(13-16)25-22(28-21)12-10-20(27)24(25)18-9-7-15-4-1-3-14-5-2-6-17(18)23(14)15/h1-13,18,28H,26-27H2. The van der Waals surface area contributed by atoms with Crippen molar-refractivity contribution in [3.8, 4) is 0 Å². The number of allylic oxidation sites excluding steroid dienone is 1. The predicted octanol–water partition coefficient (Wildman–Crippen LogP) is 5.80. The van der Waals surface area contributed by atoms with E-state index in [-0.39, 0.29) is 5.92 Å². The van der Waals surface area contributed by atoms with Crippen LogP contribution in [-0.4, -0.2) is 4.98 Å². The molecule has 5 N–H and O–H groups in total. The molecule has 0 spiro atoms. The molecule has 4 aromatic carbocycles. The van der Waals surface area contributed by atoms with Gasteiger partial charge in [-0.1, -0.05) is 48.6 Å². The second kappa shape index (κ2) is 5.40. The number of hydrogen-bond donors (Lipinski definition) is 3. The molecule has 0 radical (unpaired) electrons. The van der Waals surface area contributed by atoms with Crippen LogP contribution in [0.25, 0.3) is 38.7 Å². The number of H-pyrrole nitrogens is 1. The highest BCUT2D eigenvalue weighted by Crippen LogP contribution is 2.44. The van der Waals surface area contributed by atoms with Gasteiger partial charge in [-0.15, -0.1) is 0 Å². The Labute approximate surface area is 162 Å². The highest BCUT2D eigenvalue weighted by Gasteiger charge is 2.24. The number of nitrogens with two attached hydrogens (primary N) is 2. The van der Waals surface area contributed by atoms with E-state index >= 15 is 0 Å². The van der Waals surface area contributed by atoms with Crippen LogP contribution >= 0.6 is 0 Å². The van der Waals surface area contributed by atoms with Gasteiger partial charge in [-0.3, -0.25) is 0 Å². The summed E-state index contributed by atoms with van der Waals surface area (Å²) < 4.78 is 0. The van der Waals surface area contributed by atoms with E-state index in [1.54, 1.807) is 0 Å². The van der Waals surface area contributed by atoms with Crippen molar-refractivity contribution < 1.29 is 0 Å². The maximum Gasteiger partial charge on any atom is 0.0469 e. The van der Waals surface area contributed by atoms with E-state index in [2.05, 4.69) is 59.6 Å². The first-order valence-corrected chi connectivity index (χ1v) is 9.50. The van der Waals surface area contributed by atoms with Gasteiger partial charge in [0.05, 0.1) is 0 Å². The van der Waals surface area contributed by atoms with E-state index in [4.69, 9.17) is 11.5 Å². The Morgan fingerprint density at radius 3 is 2.50 bits per heavy atom. The van der Waals surface area contributed by atoms with Crippen LogP contribution in [0.15, 0.2) is 72.8 Å². The van der Waals surface area contributed by atoms with Crippen molar-refractivity contribution in [1.82, 2.24) is 4.98 Å². The maximum atomic E-state index is 6.57. The van der Waals surface area contributed by atoms with Crippen molar-refractivity contribution in [3.63, 3.8) is 0 Å². The normalized spacial score (nSPS) is 15.6. The summed E-state index contributed by atoms with van der Waals surface area (Å²) in [5, 5.41) is 4.86. The van der Waals surface area contributed by atoms with Gasteiger partial charge in [0.2, 0.25) is 0 Å². The third kappa shape index (κ3) is 1.99. The zero-order chi connectivity index (χ0) is 18.8. The van der Waals surface area contributed by atoms with E-state index < -0.39 is 0 Å². The molecule has 3 heteroatoms. The smallest absolute Gasteiger partial charge is 0.0469 e. The SMILES string of the molecule is Nc1ccc2[nH]c3ccc(N)c(C4C=Cc5cccc6cccc4c56)c3c2c1. The highest BCUT2D eigenvalue weighted by molar-refractivity contribution is 6.12. The molecule has 1 heterocycles. The van der Waals surface area contributed by atoms with Crippen molar-refractivity contribution in [1.29, 1.82) is 0 Å². The molecule has 1 unspecified atom stereocenters. The van der Waals surface area contributed by atoms with Crippen molar-refractivity contribution >= 4 is 50.0 Å². The number of nitrogens with one attached hydrogen (secondary N) is 1. The average Bonchev–Trinajstić information content (AvgIpc) is 3.07. The van der Waals surface area contributed by atoms with E-state index in [0.29, 0.717) is 0 Å². The summed E-state index contributed by atoms with van der Waals surface area (Å²) in [4.78, 5) is 3.52. The third-order valence-electron chi connectivity index (χ3n) is 5.94. The molecule has 5 aromatic rings. The molecule has 1 aliphatic rings. The minimum Gasteiger partial charge on any atom is -0.399 e. The Kier molecular flexibility index (Phi) is 2.96. The van der Waals surface area contributed by atoms with Gasteiger partial charge in [0, 0.05) is 39.1 Å². The summed E-state index contributed by atoms with van der Waals surface area (Å²) in [7, 11) is 0. The summed E-state index contributed by atoms with van der Waals surface area (Å²) in [6.45, 7) is 0. The first-order valence-electron chi connectivity index (χ1n) is 9.50. The first-order chi connectivity index (χ1) is 13.7.